The first-order valence-electron chi connectivity index (χ1n) is 7.63. The normalized spacial score (nSPS) is 21.7. The monoisotopic (exact) mass is 320 g/mol. The highest BCUT2D eigenvalue weighted by Crippen LogP contribution is 2.27. The highest BCUT2D eigenvalue weighted by Gasteiger charge is 2.36. The summed E-state index contributed by atoms with van der Waals surface area (Å²) in [7, 11) is 1.61. The number of methoxy groups -OCH3 is 1. The van der Waals surface area contributed by atoms with E-state index in [2.05, 4.69) is 5.32 Å². The van der Waals surface area contributed by atoms with Gasteiger partial charge in [0.1, 0.15) is 23.8 Å². The summed E-state index contributed by atoms with van der Waals surface area (Å²) in [4.78, 5) is 14.3. The van der Waals surface area contributed by atoms with Crippen molar-refractivity contribution in [3.8, 4) is 0 Å². The lowest BCUT2D eigenvalue weighted by Crippen LogP contribution is -2.41. The summed E-state index contributed by atoms with van der Waals surface area (Å²) in [6, 6.07) is 3.89. The minimum absolute atomic E-state index is 0.0541. The van der Waals surface area contributed by atoms with Crippen LogP contribution in [0.25, 0.3) is 6.08 Å². The average molecular weight is 320 g/mol. The molecule has 1 amide bonds. The van der Waals surface area contributed by atoms with E-state index in [1.54, 1.807) is 18.1 Å². The molecule has 0 unspecified atom stereocenters. The quantitative estimate of drug-likeness (QED) is 0.683. The fourth-order valence-electron chi connectivity index (χ4n) is 3.05. The van der Waals surface area contributed by atoms with Gasteiger partial charge in [-0.2, -0.15) is 0 Å². The van der Waals surface area contributed by atoms with Crippen molar-refractivity contribution in [2.45, 2.75) is 44.8 Å². The van der Waals surface area contributed by atoms with Crippen molar-refractivity contribution in [2.75, 3.05) is 7.11 Å². The number of carbonyl (C=O) groups is 1. The molecule has 2 fully saturated rings. The fourth-order valence-corrected chi connectivity index (χ4v) is 3.40. The lowest BCUT2D eigenvalue weighted by Gasteiger charge is -2.29. The number of furan rings is 1. The van der Waals surface area contributed by atoms with E-state index in [-0.39, 0.29) is 11.9 Å². The minimum atomic E-state index is -0.0541. The molecule has 1 aliphatic heterocycles. The topological polar surface area (TPSA) is 54.7 Å². The van der Waals surface area contributed by atoms with E-state index in [1.807, 2.05) is 12.1 Å². The second-order valence-corrected chi connectivity index (χ2v) is 6.08. The van der Waals surface area contributed by atoms with Gasteiger partial charge < -0.3 is 14.5 Å². The standard InChI is InChI=1S/C16H20N2O3S/c1-20-10-13-8-7-12(21-13)9-14-15(19)18(16(22)17-14)11-5-3-2-4-6-11/h7-9,11H,2-6,10H2,1H3,(H,17,22)/b14-9-. The molecule has 6 heteroatoms. The van der Waals surface area contributed by atoms with Crippen LogP contribution in [0, 0.1) is 0 Å². The van der Waals surface area contributed by atoms with Gasteiger partial charge >= 0.3 is 0 Å². The number of hydrogen-bond donors (Lipinski definition) is 1. The molecule has 0 atom stereocenters. The van der Waals surface area contributed by atoms with Gasteiger partial charge in [-0.3, -0.25) is 9.69 Å². The van der Waals surface area contributed by atoms with E-state index in [0.29, 0.717) is 23.2 Å². The summed E-state index contributed by atoms with van der Waals surface area (Å²) in [6.07, 6.45) is 7.33. The maximum Gasteiger partial charge on any atom is 0.276 e. The first-order chi connectivity index (χ1) is 10.7. The second-order valence-electron chi connectivity index (χ2n) is 5.69. The molecule has 0 spiro atoms. The molecule has 1 aromatic heterocycles. The molecule has 22 heavy (non-hydrogen) atoms. The number of thiocarbonyl (C=S) groups is 1. The Kier molecular flexibility index (Phi) is 4.59. The summed E-state index contributed by atoms with van der Waals surface area (Å²) in [5, 5.41) is 3.52. The Bertz CT molecular complexity index is 602. The number of nitrogens with one attached hydrogen (secondary N) is 1. The first kappa shape index (κ1) is 15.2. The van der Waals surface area contributed by atoms with Crippen LogP contribution >= 0.6 is 12.2 Å². The summed E-state index contributed by atoms with van der Waals surface area (Å²) < 4.78 is 10.6. The van der Waals surface area contributed by atoms with Gasteiger partial charge in [-0.05, 0) is 37.2 Å². The SMILES string of the molecule is COCc1ccc(/C=C2\NC(=S)N(C3CCCCC3)C2=O)o1. The van der Waals surface area contributed by atoms with Crippen LogP contribution in [0.2, 0.25) is 0 Å². The van der Waals surface area contributed by atoms with Crippen molar-refractivity contribution in [1.29, 1.82) is 0 Å². The zero-order valence-electron chi connectivity index (χ0n) is 12.6. The molecule has 0 radical (unpaired) electrons. The lowest BCUT2D eigenvalue weighted by atomic mass is 9.94. The number of carbonyl (C=O) groups excluding carboxylic acids is 1. The number of amides is 1. The Morgan fingerprint density at radius 2 is 2.18 bits per heavy atom. The first-order valence-corrected chi connectivity index (χ1v) is 8.04. The van der Waals surface area contributed by atoms with Crippen LogP contribution in [-0.2, 0) is 16.1 Å². The van der Waals surface area contributed by atoms with Crippen LogP contribution in [0.15, 0.2) is 22.2 Å². The number of ether oxygens (including phenoxy) is 1. The van der Waals surface area contributed by atoms with E-state index in [0.717, 1.165) is 31.4 Å². The molecule has 3 rings (SSSR count). The molecule has 1 aromatic rings. The van der Waals surface area contributed by atoms with Crippen LogP contribution in [0.1, 0.15) is 43.6 Å². The van der Waals surface area contributed by atoms with E-state index in [9.17, 15) is 4.79 Å². The molecule has 2 heterocycles. The summed E-state index contributed by atoms with van der Waals surface area (Å²) in [5.41, 5.74) is 0.480. The molecule has 1 aliphatic carbocycles. The van der Waals surface area contributed by atoms with Gasteiger partial charge in [0.25, 0.3) is 5.91 Å². The molecule has 0 aromatic carbocycles. The third kappa shape index (κ3) is 3.08. The second kappa shape index (κ2) is 6.62. The van der Waals surface area contributed by atoms with Crippen LogP contribution < -0.4 is 5.32 Å². The molecule has 0 bridgehead atoms. The Morgan fingerprint density at radius 1 is 1.41 bits per heavy atom. The fraction of sp³-hybridized carbons (Fsp3) is 0.500. The Labute approximate surface area is 135 Å². The zero-order chi connectivity index (χ0) is 15.5. The van der Waals surface area contributed by atoms with Gasteiger partial charge in [-0.15, -0.1) is 0 Å². The predicted molar refractivity (Wildman–Crippen MR) is 86.9 cm³/mol. The molecular formula is C16H20N2O3S. The van der Waals surface area contributed by atoms with Crippen LogP contribution in [0.5, 0.6) is 0 Å². The Hall–Kier alpha value is -1.66. The minimum Gasteiger partial charge on any atom is -0.459 e. The van der Waals surface area contributed by atoms with Gasteiger partial charge in [-0.1, -0.05) is 19.3 Å². The van der Waals surface area contributed by atoms with E-state index >= 15 is 0 Å². The zero-order valence-corrected chi connectivity index (χ0v) is 13.4. The van der Waals surface area contributed by atoms with E-state index in [4.69, 9.17) is 21.4 Å². The molecule has 2 aliphatic rings. The average Bonchev–Trinajstić information content (AvgIpc) is 3.06. The summed E-state index contributed by atoms with van der Waals surface area (Å²) in [5.74, 6) is 1.30. The maximum absolute atomic E-state index is 12.6. The van der Waals surface area contributed by atoms with Gasteiger partial charge in [0.15, 0.2) is 5.11 Å². The predicted octanol–water partition coefficient (Wildman–Crippen LogP) is 2.82. The third-order valence-corrected chi connectivity index (χ3v) is 4.40. The Morgan fingerprint density at radius 3 is 2.91 bits per heavy atom. The van der Waals surface area contributed by atoms with Gasteiger partial charge in [-0.25, -0.2) is 0 Å². The van der Waals surface area contributed by atoms with E-state index in [1.165, 1.54) is 6.42 Å². The smallest absolute Gasteiger partial charge is 0.276 e. The number of rotatable bonds is 4. The van der Waals surface area contributed by atoms with Crippen molar-refractivity contribution in [3.63, 3.8) is 0 Å². The highest BCUT2D eigenvalue weighted by molar-refractivity contribution is 7.80. The largest absolute Gasteiger partial charge is 0.459 e. The summed E-state index contributed by atoms with van der Waals surface area (Å²) >= 11 is 5.34. The molecule has 1 saturated heterocycles. The van der Waals surface area contributed by atoms with Crippen LogP contribution in [0.3, 0.4) is 0 Å². The molecule has 5 nitrogen and oxygen atoms in total. The Balaban J connectivity index is 1.75. The van der Waals surface area contributed by atoms with Crippen LogP contribution in [0.4, 0.5) is 0 Å². The third-order valence-electron chi connectivity index (χ3n) is 4.11. The highest BCUT2D eigenvalue weighted by atomic mass is 32.1. The molecule has 1 saturated carbocycles. The van der Waals surface area contributed by atoms with Crippen molar-refractivity contribution in [3.05, 3.63) is 29.4 Å². The van der Waals surface area contributed by atoms with Crippen molar-refractivity contribution in [2.24, 2.45) is 0 Å². The maximum atomic E-state index is 12.6. The van der Waals surface area contributed by atoms with Crippen LogP contribution in [-0.4, -0.2) is 29.1 Å². The van der Waals surface area contributed by atoms with Gasteiger partial charge in [0, 0.05) is 19.2 Å². The number of hydrogen-bond acceptors (Lipinski definition) is 4. The van der Waals surface area contributed by atoms with Crippen molar-refractivity contribution < 1.29 is 13.9 Å². The molecule has 118 valence electrons. The lowest BCUT2D eigenvalue weighted by molar-refractivity contribution is -0.124. The molecular weight excluding hydrogens is 300 g/mol. The van der Waals surface area contributed by atoms with Crippen molar-refractivity contribution >= 4 is 29.3 Å². The van der Waals surface area contributed by atoms with Crippen molar-refractivity contribution in [1.82, 2.24) is 10.2 Å². The van der Waals surface area contributed by atoms with Gasteiger partial charge in [0.05, 0.1) is 0 Å². The van der Waals surface area contributed by atoms with E-state index < -0.39 is 0 Å². The van der Waals surface area contributed by atoms with Gasteiger partial charge in [0.2, 0.25) is 0 Å². The summed E-state index contributed by atoms with van der Waals surface area (Å²) in [6.45, 7) is 0.414. The number of nitrogens with zero attached hydrogens (tertiary/aromatic N) is 1. The molecule has 1 N–H and O–H groups in total.